The van der Waals surface area contributed by atoms with Crippen LogP contribution in [0.2, 0.25) is 0 Å². The first-order chi connectivity index (χ1) is 5.56. The summed E-state index contributed by atoms with van der Waals surface area (Å²) in [5, 5.41) is 2.54. The first kappa shape index (κ1) is 11.3. The van der Waals surface area contributed by atoms with E-state index in [1.54, 1.807) is 6.92 Å². The molecule has 0 radical (unpaired) electrons. The third kappa shape index (κ3) is 6.01. The largest absolute Gasteiger partial charge is 0.505 e. The highest BCUT2D eigenvalue weighted by Crippen LogP contribution is 2.16. The van der Waals surface area contributed by atoms with Crippen LogP contribution >= 0.6 is 8.03 Å². The van der Waals surface area contributed by atoms with Gasteiger partial charge in [0.2, 0.25) is 5.91 Å². The predicted molar refractivity (Wildman–Crippen MR) is 47.1 cm³/mol. The molecule has 0 aromatic carbocycles. The highest BCUT2D eigenvalue weighted by Gasteiger charge is 2.16. The SMILES string of the molecule is C=CC(=O)NCC(C)C[P+](=O)O. The van der Waals surface area contributed by atoms with Crippen molar-refractivity contribution in [3.8, 4) is 0 Å². The Labute approximate surface area is 72.5 Å². The van der Waals surface area contributed by atoms with Crippen molar-refractivity contribution in [1.82, 2.24) is 5.32 Å². The predicted octanol–water partition coefficient (Wildman–Crippen LogP) is 0.659. The average Bonchev–Trinajstić information content (AvgIpc) is 1.99. The van der Waals surface area contributed by atoms with E-state index in [2.05, 4.69) is 11.9 Å². The molecule has 0 rings (SSSR count). The maximum atomic E-state index is 10.6. The summed E-state index contributed by atoms with van der Waals surface area (Å²) in [4.78, 5) is 19.2. The van der Waals surface area contributed by atoms with Crippen LogP contribution in [0.1, 0.15) is 6.92 Å². The topological polar surface area (TPSA) is 66.4 Å². The van der Waals surface area contributed by atoms with E-state index in [0.29, 0.717) is 6.54 Å². The van der Waals surface area contributed by atoms with Crippen molar-refractivity contribution in [3.05, 3.63) is 12.7 Å². The minimum atomic E-state index is -2.10. The van der Waals surface area contributed by atoms with E-state index in [0.717, 1.165) is 0 Å². The van der Waals surface area contributed by atoms with Gasteiger partial charge in [-0.15, -0.1) is 0 Å². The summed E-state index contributed by atoms with van der Waals surface area (Å²) in [6.07, 6.45) is 1.39. The molecule has 0 bridgehead atoms. The van der Waals surface area contributed by atoms with Gasteiger partial charge in [-0.1, -0.05) is 13.5 Å². The Balaban J connectivity index is 3.56. The van der Waals surface area contributed by atoms with Gasteiger partial charge in [-0.3, -0.25) is 4.79 Å². The number of carbonyl (C=O) groups excluding carboxylic acids is 1. The van der Waals surface area contributed by atoms with Crippen molar-refractivity contribution in [1.29, 1.82) is 0 Å². The molecule has 12 heavy (non-hydrogen) atoms. The smallest absolute Gasteiger partial charge is 0.352 e. The zero-order chi connectivity index (χ0) is 9.56. The van der Waals surface area contributed by atoms with E-state index < -0.39 is 8.03 Å². The lowest BCUT2D eigenvalue weighted by Crippen LogP contribution is -2.27. The summed E-state index contributed by atoms with van der Waals surface area (Å²) in [5.74, 6) is -0.238. The highest BCUT2D eigenvalue weighted by atomic mass is 31.1. The molecule has 0 saturated carbocycles. The Hall–Kier alpha value is -0.730. The Morgan fingerprint density at radius 2 is 2.42 bits per heavy atom. The maximum absolute atomic E-state index is 10.6. The van der Waals surface area contributed by atoms with Gasteiger partial charge in [0.15, 0.2) is 6.16 Å². The van der Waals surface area contributed by atoms with Crippen LogP contribution in [0.4, 0.5) is 0 Å². The molecular formula is C7H13NO3P+. The molecule has 1 amide bonds. The first-order valence-electron chi connectivity index (χ1n) is 3.60. The molecule has 0 aliphatic carbocycles. The Bertz CT molecular complexity index is 193. The van der Waals surface area contributed by atoms with Crippen LogP contribution in [0.5, 0.6) is 0 Å². The summed E-state index contributed by atoms with van der Waals surface area (Å²) >= 11 is 0. The summed E-state index contributed by atoms with van der Waals surface area (Å²) in [5.41, 5.74) is 0. The van der Waals surface area contributed by atoms with Crippen LogP contribution in [0.25, 0.3) is 0 Å². The molecule has 0 spiro atoms. The maximum Gasteiger partial charge on any atom is 0.505 e. The van der Waals surface area contributed by atoms with Gasteiger partial charge in [-0.25, -0.2) is 0 Å². The van der Waals surface area contributed by atoms with Gasteiger partial charge in [0, 0.05) is 12.5 Å². The molecule has 2 atom stereocenters. The fourth-order valence-electron chi connectivity index (χ4n) is 0.678. The Morgan fingerprint density at radius 3 is 2.83 bits per heavy atom. The highest BCUT2D eigenvalue weighted by molar-refractivity contribution is 7.38. The van der Waals surface area contributed by atoms with Gasteiger partial charge in [-0.05, 0) is 10.6 Å². The number of hydrogen-bond acceptors (Lipinski definition) is 2. The molecule has 68 valence electrons. The Morgan fingerprint density at radius 1 is 1.83 bits per heavy atom. The fraction of sp³-hybridized carbons (Fsp3) is 0.571. The summed E-state index contributed by atoms with van der Waals surface area (Å²) < 4.78 is 10.3. The molecule has 2 unspecified atom stereocenters. The van der Waals surface area contributed by atoms with Gasteiger partial charge in [0.05, 0.1) is 0 Å². The van der Waals surface area contributed by atoms with Crippen LogP contribution in [0, 0.1) is 5.92 Å². The first-order valence-corrected chi connectivity index (χ1v) is 4.99. The molecule has 2 N–H and O–H groups in total. The second-order valence-electron chi connectivity index (χ2n) is 2.59. The number of nitrogens with one attached hydrogen (secondary N) is 1. The second kappa shape index (κ2) is 5.86. The van der Waals surface area contributed by atoms with Crippen LogP contribution in [0.3, 0.4) is 0 Å². The zero-order valence-electron chi connectivity index (χ0n) is 6.99. The van der Waals surface area contributed by atoms with Crippen molar-refractivity contribution < 1.29 is 14.3 Å². The lowest BCUT2D eigenvalue weighted by molar-refractivity contribution is -0.116. The average molecular weight is 190 g/mol. The molecule has 0 aliphatic rings. The van der Waals surface area contributed by atoms with Gasteiger partial charge >= 0.3 is 8.03 Å². The molecule has 0 aromatic heterocycles. The number of amides is 1. The lowest BCUT2D eigenvalue weighted by Gasteiger charge is -2.04. The number of rotatable bonds is 5. The van der Waals surface area contributed by atoms with Crippen molar-refractivity contribution in [2.24, 2.45) is 5.92 Å². The fourth-order valence-corrected chi connectivity index (χ4v) is 1.34. The van der Waals surface area contributed by atoms with E-state index in [-0.39, 0.29) is 18.0 Å². The minimum Gasteiger partial charge on any atom is -0.352 e. The van der Waals surface area contributed by atoms with Crippen molar-refractivity contribution in [3.63, 3.8) is 0 Å². The van der Waals surface area contributed by atoms with Gasteiger partial charge in [0.1, 0.15) is 0 Å². The summed E-state index contributed by atoms with van der Waals surface area (Å²) in [7, 11) is -2.10. The monoisotopic (exact) mass is 190 g/mol. The normalized spacial score (nSPS) is 13.3. The van der Waals surface area contributed by atoms with E-state index in [9.17, 15) is 9.36 Å². The molecule has 0 saturated heterocycles. The standard InChI is InChI=1S/C7H12NO3P/c1-3-7(9)8-4-6(2)5-12(10)11/h3,6H,1,4-5H2,2H3,(H-,8,9,10,11)/p+1. The van der Waals surface area contributed by atoms with Crippen LogP contribution in [-0.4, -0.2) is 23.5 Å². The third-order valence-corrected chi connectivity index (χ3v) is 2.21. The molecule has 0 aliphatic heterocycles. The van der Waals surface area contributed by atoms with E-state index in [4.69, 9.17) is 4.89 Å². The third-order valence-electron chi connectivity index (χ3n) is 1.28. The van der Waals surface area contributed by atoms with E-state index in [1.165, 1.54) is 6.08 Å². The second-order valence-corrected chi connectivity index (χ2v) is 3.66. The van der Waals surface area contributed by atoms with Gasteiger partial charge in [0.25, 0.3) is 0 Å². The molecule has 0 aromatic rings. The van der Waals surface area contributed by atoms with Crippen molar-refractivity contribution in [2.45, 2.75) is 6.92 Å². The van der Waals surface area contributed by atoms with Crippen LogP contribution in [-0.2, 0) is 9.36 Å². The summed E-state index contributed by atoms with van der Waals surface area (Å²) in [6.45, 7) is 5.49. The van der Waals surface area contributed by atoms with Crippen LogP contribution < -0.4 is 5.32 Å². The molecule has 5 heteroatoms. The van der Waals surface area contributed by atoms with Gasteiger partial charge in [-0.2, -0.15) is 4.89 Å². The summed E-state index contributed by atoms with van der Waals surface area (Å²) in [6, 6.07) is 0. The van der Waals surface area contributed by atoms with Crippen molar-refractivity contribution in [2.75, 3.05) is 12.7 Å². The minimum absolute atomic E-state index is 0.0162. The van der Waals surface area contributed by atoms with Crippen LogP contribution in [0.15, 0.2) is 12.7 Å². The zero-order valence-corrected chi connectivity index (χ0v) is 7.88. The molecule has 0 heterocycles. The number of hydrogen-bond donors (Lipinski definition) is 2. The molecule has 0 fully saturated rings. The van der Waals surface area contributed by atoms with E-state index in [1.807, 2.05) is 0 Å². The Kier molecular flexibility index (Phi) is 5.51. The number of carbonyl (C=O) groups is 1. The molecule has 4 nitrogen and oxygen atoms in total. The van der Waals surface area contributed by atoms with Crippen molar-refractivity contribution >= 4 is 13.9 Å². The van der Waals surface area contributed by atoms with Gasteiger partial charge < -0.3 is 5.32 Å². The quantitative estimate of drug-likeness (QED) is 0.494. The lowest BCUT2D eigenvalue weighted by atomic mass is 10.2. The van der Waals surface area contributed by atoms with E-state index >= 15 is 0 Å². The molecular weight excluding hydrogens is 177 g/mol.